The Balaban J connectivity index is -0.0000000547. The van der Waals surface area contributed by atoms with Crippen LogP contribution in [0.2, 0.25) is 0 Å². The summed E-state index contributed by atoms with van der Waals surface area (Å²) in [6, 6.07) is 0. The molecule has 0 bridgehead atoms. The van der Waals surface area contributed by atoms with Gasteiger partial charge in [-0.1, -0.05) is 66.2 Å². The van der Waals surface area contributed by atoms with Crippen LogP contribution in [0.1, 0.15) is 75.7 Å². The van der Waals surface area contributed by atoms with Crippen molar-refractivity contribution < 1.29 is 110 Å². The van der Waals surface area contributed by atoms with E-state index in [1.807, 2.05) is 12.2 Å². The monoisotopic (exact) mass is 648 g/mol. The molecule has 3 aliphatic carbocycles. The largest absolute Gasteiger partial charge is 4.00 e. The number of halogens is 5. The van der Waals surface area contributed by atoms with Gasteiger partial charge in [-0.05, 0) is 0 Å². The van der Waals surface area contributed by atoms with E-state index in [0.29, 0.717) is 0 Å². The van der Waals surface area contributed by atoms with Crippen LogP contribution in [0.25, 0.3) is 0 Å². The van der Waals surface area contributed by atoms with Gasteiger partial charge in [0.25, 0.3) is 0 Å². The fraction of sp³-hybridized carbons (Fsp3) is 0.520. The molecular formula is C25H35Cl5TiZr. The van der Waals surface area contributed by atoms with Crippen LogP contribution in [0, 0.1) is 29.1 Å². The quantitative estimate of drug-likeness (QED) is 0.181. The second-order valence-corrected chi connectivity index (χ2v) is 8.25. The first-order valence-electron chi connectivity index (χ1n) is 9.22. The zero-order chi connectivity index (χ0) is 19.4. The molecule has 0 radical (unpaired) electrons. The molecule has 0 aromatic heterocycles. The van der Waals surface area contributed by atoms with Crippen LogP contribution in [0.4, 0.5) is 0 Å². The number of allylic oxidation sites excluding steroid dienone is 12. The predicted molar refractivity (Wildman–Crippen MR) is 111 cm³/mol. The van der Waals surface area contributed by atoms with Crippen LogP contribution in [-0.2, 0) is 47.9 Å². The first-order valence-corrected chi connectivity index (χ1v) is 9.22. The molecule has 0 heterocycles. The molecule has 0 spiro atoms. The van der Waals surface area contributed by atoms with E-state index in [1.165, 1.54) is 33.4 Å². The van der Waals surface area contributed by atoms with Gasteiger partial charge in [0.1, 0.15) is 0 Å². The summed E-state index contributed by atoms with van der Waals surface area (Å²) >= 11 is 0. The Hall–Kier alpha value is 1.49. The zero-order valence-electron chi connectivity index (χ0n) is 20.8. The Morgan fingerprint density at radius 3 is 1.03 bits per heavy atom. The zero-order valence-corrected chi connectivity index (χ0v) is 28.6. The Kier molecular flexibility index (Phi) is 34.2. The van der Waals surface area contributed by atoms with Crippen molar-refractivity contribution in [2.45, 2.75) is 75.7 Å². The average molecular weight is 652 g/mol. The van der Waals surface area contributed by atoms with Gasteiger partial charge in [-0.25, -0.2) is 23.3 Å². The average Bonchev–Trinajstić information content (AvgIpc) is 3.18. The molecule has 178 valence electrons. The molecule has 0 fully saturated rings. The minimum atomic E-state index is 0. The molecule has 0 atom stereocenters. The molecule has 32 heavy (non-hydrogen) atoms. The molecule has 0 N–H and O–H groups in total. The summed E-state index contributed by atoms with van der Waals surface area (Å²) in [5.41, 5.74) is 8.79. The van der Waals surface area contributed by atoms with Gasteiger partial charge in [0.05, 0.1) is 0 Å². The smallest absolute Gasteiger partial charge is 1.00 e. The molecule has 0 saturated heterocycles. The molecule has 0 aromatic rings. The van der Waals surface area contributed by atoms with Crippen molar-refractivity contribution in [2.24, 2.45) is 10.8 Å². The third-order valence-corrected chi connectivity index (χ3v) is 5.71. The van der Waals surface area contributed by atoms with Crippen LogP contribution >= 0.6 is 0 Å². The third-order valence-electron chi connectivity index (χ3n) is 5.71. The Morgan fingerprint density at radius 1 is 0.656 bits per heavy atom. The van der Waals surface area contributed by atoms with E-state index >= 15 is 0 Å². The molecule has 3 aliphatic rings. The van der Waals surface area contributed by atoms with Crippen molar-refractivity contribution in [1.29, 1.82) is 0 Å². The fourth-order valence-electron chi connectivity index (χ4n) is 3.15. The second-order valence-electron chi connectivity index (χ2n) is 8.25. The van der Waals surface area contributed by atoms with Gasteiger partial charge in [-0.2, -0.15) is 28.4 Å². The standard InChI is InChI=1S/2C10H15.C5H5.5ClH.Ti.Zr/c2*1-7-6-10(4,5)9(3)8(7)2;1-2-4-5-3-1;;;;;;;/h2*1-5H3;1-3H,4H2;5*1H;;/q3*-1;;;;;;2*+4/p-5. The van der Waals surface area contributed by atoms with Gasteiger partial charge >= 0.3 is 47.9 Å². The molecule has 0 unspecified atom stereocenters. The van der Waals surface area contributed by atoms with Crippen molar-refractivity contribution in [3.05, 3.63) is 69.9 Å². The Morgan fingerprint density at radius 2 is 0.969 bits per heavy atom. The predicted octanol–water partition coefficient (Wildman–Crippen LogP) is -7.46. The van der Waals surface area contributed by atoms with Gasteiger partial charge in [0, 0.05) is 0 Å². The van der Waals surface area contributed by atoms with Crippen molar-refractivity contribution in [1.82, 2.24) is 0 Å². The molecule has 7 heteroatoms. The van der Waals surface area contributed by atoms with Crippen LogP contribution in [0.15, 0.2) is 51.7 Å². The van der Waals surface area contributed by atoms with Gasteiger partial charge < -0.3 is 62.0 Å². The molecule has 0 aromatic carbocycles. The van der Waals surface area contributed by atoms with Crippen molar-refractivity contribution >= 4 is 0 Å². The summed E-state index contributed by atoms with van der Waals surface area (Å²) in [4.78, 5) is 0. The van der Waals surface area contributed by atoms with Crippen molar-refractivity contribution in [2.75, 3.05) is 0 Å². The number of rotatable bonds is 0. The topological polar surface area (TPSA) is 0 Å². The summed E-state index contributed by atoms with van der Waals surface area (Å²) < 4.78 is 0. The summed E-state index contributed by atoms with van der Waals surface area (Å²) in [7, 11) is 0. The van der Waals surface area contributed by atoms with E-state index in [1.54, 1.807) is 0 Å². The van der Waals surface area contributed by atoms with Crippen molar-refractivity contribution in [3.8, 4) is 0 Å². The van der Waals surface area contributed by atoms with E-state index in [9.17, 15) is 0 Å². The fourth-order valence-corrected chi connectivity index (χ4v) is 3.15. The molecule has 0 nitrogen and oxygen atoms in total. The summed E-state index contributed by atoms with van der Waals surface area (Å²) in [5, 5.41) is 0. The Bertz CT molecular complexity index is 652. The van der Waals surface area contributed by atoms with Crippen LogP contribution in [-0.4, -0.2) is 0 Å². The van der Waals surface area contributed by atoms with Crippen molar-refractivity contribution in [3.63, 3.8) is 0 Å². The van der Waals surface area contributed by atoms with Crippen LogP contribution in [0.3, 0.4) is 0 Å². The molecule has 3 rings (SSSR count). The minimum absolute atomic E-state index is 0. The van der Waals surface area contributed by atoms with Gasteiger partial charge in [-0.3, -0.25) is 18.2 Å². The first kappa shape index (κ1) is 50.4. The van der Waals surface area contributed by atoms with Crippen LogP contribution < -0.4 is 62.0 Å². The van der Waals surface area contributed by atoms with E-state index in [2.05, 4.69) is 93.5 Å². The SMILES string of the molecule is CC1=[C-]C(C)(C)C(C)=C1C.CC1=[C-]C(C)(C)C(C)=C1C.[C-]1=CC=CC1.[Cl-].[Cl-].[Cl-].[Cl-].[Cl-].[Ti+4].[Zr+4]. The second kappa shape index (κ2) is 21.7. The number of hydrogen-bond donors (Lipinski definition) is 0. The normalized spacial score (nSPS) is 17.4. The van der Waals surface area contributed by atoms with Gasteiger partial charge in [0.15, 0.2) is 0 Å². The van der Waals surface area contributed by atoms with Gasteiger partial charge in [0.2, 0.25) is 0 Å². The summed E-state index contributed by atoms with van der Waals surface area (Å²) in [6.07, 6.45) is 16.9. The molecule has 0 saturated carbocycles. The summed E-state index contributed by atoms with van der Waals surface area (Å²) in [5.74, 6) is 0. The maximum Gasteiger partial charge on any atom is 4.00 e. The van der Waals surface area contributed by atoms with E-state index in [0.717, 1.165) is 6.42 Å². The van der Waals surface area contributed by atoms with Gasteiger partial charge in [-0.15, -0.1) is 20.3 Å². The van der Waals surface area contributed by atoms with E-state index < -0.39 is 0 Å². The Labute approximate surface area is 263 Å². The minimum Gasteiger partial charge on any atom is -1.00 e. The summed E-state index contributed by atoms with van der Waals surface area (Å²) in [6.45, 7) is 21.8. The molecular weight excluding hydrogens is 617 g/mol. The number of hydrogen-bond acceptors (Lipinski definition) is 0. The van der Waals surface area contributed by atoms with E-state index in [4.69, 9.17) is 0 Å². The third kappa shape index (κ3) is 14.8. The van der Waals surface area contributed by atoms with Crippen LogP contribution in [0.5, 0.6) is 0 Å². The maximum absolute atomic E-state index is 3.44. The maximum atomic E-state index is 3.44. The molecule has 0 aliphatic heterocycles. The first-order chi connectivity index (χ1) is 11.4. The van der Waals surface area contributed by atoms with E-state index in [-0.39, 0.29) is 121 Å². The molecule has 0 amide bonds.